The molecule has 1 aliphatic rings. The molecule has 2 aromatic rings. The van der Waals surface area contributed by atoms with E-state index in [0.29, 0.717) is 80.4 Å². The maximum absolute atomic E-state index is 14.3. The number of anilines is 1. The summed E-state index contributed by atoms with van der Waals surface area (Å²) in [7, 11) is 0. The van der Waals surface area contributed by atoms with Gasteiger partial charge in [0.2, 0.25) is 18.2 Å². The van der Waals surface area contributed by atoms with Crippen molar-refractivity contribution in [3.8, 4) is 0 Å². The number of aliphatic hydroxyl groups is 1. The first-order chi connectivity index (χ1) is 27.9. The van der Waals surface area contributed by atoms with Gasteiger partial charge in [0, 0.05) is 30.0 Å². The predicted molar refractivity (Wildman–Crippen MR) is 246 cm³/mol. The smallest absolute Gasteiger partial charge is 0.232 e. The van der Waals surface area contributed by atoms with Crippen molar-refractivity contribution in [1.29, 1.82) is 0 Å². The molecule has 3 N–H and O–H groups in total. The summed E-state index contributed by atoms with van der Waals surface area (Å²) in [6, 6.07) is 15.4. The summed E-state index contributed by atoms with van der Waals surface area (Å²) >= 11 is 1.85. The molecule has 4 unspecified atom stereocenters. The van der Waals surface area contributed by atoms with E-state index < -0.39 is 11.1 Å². The van der Waals surface area contributed by atoms with E-state index in [9.17, 15) is 19.5 Å². The van der Waals surface area contributed by atoms with E-state index in [1.807, 2.05) is 106 Å². The zero-order chi connectivity index (χ0) is 44.0. The number of imide groups is 1. The summed E-state index contributed by atoms with van der Waals surface area (Å²) in [5.74, 6) is 7.48. The summed E-state index contributed by atoms with van der Waals surface area (Å²) in [6.45, 7) is 23.5. The Balaban J connectivity index is 1.66. The lowest BCUT2D eigenvalue weighted by molar-refractivity contribution is -0.143. The van der Waals surface area contributed by atoms with E-state index in [2.05, 4.69) is 45.6 Å². The quantitative estimate of drug-likeness (QED) is 0.0375. The van der Waals surface area contributed by atoms with Crippen LogP contribution >= 0.6 is 11.8 Å². The predicted octanol–water partition coefficient (Wildman–Crippen LogP) is 9.07. The average Bonchev–Trinajstić information content (AvgIpc) is 3.20. The molecule has 0 saturated heterocycles. The van der Waals surface area contributed by atoms with Crippen molar-refractivity contribution in [2.24, 2.45) is 45.0 Å². The summed E-state index contributed by atoms with van der Waals surface area (Å²) in [5.41, 5.74) is 2.51. The monoisotopic (exact) mass is 832 g/mol. The molecule has 0 fully saturated rings. The fourth-order valence-corrected chi connectivity index (χ4v) is 8.53. The summed E-state index contributed by atoms with van der Waals surface area (Å²) in [6.07, 6.45) is 9.85. The van der Waals surface area contributed by atoms with Crippen molar-refractivity contribution < 1.29 is 24.2 Å². The molecule has 326 valence electrons. The lowest BCUT2D eigenvalue weighted by Crippen LogP contribution is -2.41. The minimum Gasteiger partial charge on any atom is -0.394 e. The highest BCUT2D eigenvalue weighted by Crippen LogP contribution is 2.35. The molecule has 0 bridgehead atoms. The van der Waals surface area contributed by atoms with E-state index in [1.54, 1.807) is 0 Å². The number of carbonyl (C=O) groups excluding carboxylic acids is 3. The van der Waals surface area contributed by atoms with Crippen LogP contribution in [0.3, 0.4) is 0 Å². The standard InChI is InChI=1S/C48H73N5O5S/c1-12-37(34(3)20-18-29-59-11)35(4)38(13-2)45(57)52(33-55)28-19-26-48(9,10)58-32-46(5,6)27-25-42(56)53-30-36-21-14-15-22-39(36)43(50-47(7,8)31-54)44(51-49)40-23-16-17-24-41(40)53/h12,14-17,21-24,33-35,37-38,54H,1,13,18-20,25-32,49H2,2-11H3. The molecule has 0 spiro atoms. The molecule has 10 nitrogen and oxygen atoms in total. The Morgan fingerprint density at radius 1 is 1.02 bits per heavy atom. The van der Waals surface area contributed by atoms with Crippen LogP contribution in [0.4, 0.5) is 5.69 Å². The number of ether oxygens (including phenoxy) is 1. The van der Waals surface area contributed by atoms with Gasteiger partial charge < -0.3 is 20.6 Å². The minimum absolute atomic E-state index is 0.0326. The first-order valence-corrected chi connectivity index (χ1v) is 22.8. The van der Waals surface area contributed by atoms with Crippen LogP contribution in [0.15, 0.2) is 71.3 Å². The van der Waals surface area contributed by atoms with Gasteiger partial charge in [-0.15, -0.1) is 6.58 Å². The van der Waals surface area contributed by atoms with E-state index in [-0.39, 0.29) is 48.0 Å². The molecule has 1 aliphatic heterocycles. The van der Waals surface area contributed by atoms with Gasteiger partial charge >= 0.3 is 0 Å². The van der Waals surface area contributed by atoms with Gasteiger partial charge in [-0.3, -0.25) is 24.3 Å². The molecule has 1 heterocycles. The molecular weight excluding hydrogens is 759 g/mol. The second kappa shape index (κ2) is 22.7. The number of nitrogens with zero attached hydrogens (tertiary/aromatic N) is 4. The van der Waals surface area contributed by atoms with Crippen LogP contribution in [0.5, 0.6) is 0 Å². The van der Waals surface area contributed by atoms with Gasteiger partial charge in [-0.05, 0) is 113 Å². The van der Waals surface area contributed by atoms with Gasteiger partial charge in [0.1, 0.15) is 5.71 Å². The maximum atomic E-state index is 14.3. The van der Waals surface area contributed by atoms with Crippen molar-refractivity contribution in [2.75, 3.05) is 36.7 Å². The molecule has 0 saturated carbocycles. The van der Waals surface area contributed by atoms with Gasteiger partial charge in [-0.1, -0.05) is 83.2 Å². The number of allylic oxidation sites excluding steroid dienone is 1. The zero-order valence-corrected chi connectivity index (χ0v) is 38.4. The van der Waals surface area contributed by atoms with E-state index >= 15 is 0 Å². The molecule has 0 radical (unpaired) electrons. The Kier molecular flexibility index (Phi) is 19.1. The van der Waals surface area contributed by atoms with Crippen LogP contribution in [0, 0.1) is 29.1 Å². The van der Waals surface area contributed by atoms with Crippen molar-refractivity contribution in [2.45, 2.75) is 125 Å². The first-order valence-electron chi connectivity index (χ1n) is 21.4. The largest absolute Gasteiger partial charge is 0.394 e. The molecule has 0 aromatic heterocycles. The van der Waals surface area contributed by atoms with Gasteiger partial charge in [-0.2, -0.15) is 16.9 Å². The third-order valence-electron chi connectivity index (χ3n) is 11.9. The zero-order valence-electron chi connectivity index (χ0n) is 37.6. The molecule has 59 heavy (non-hydrogen) atoms. The van der Waals surface area contributed by atoms with Gasteiger partial charge in [0.15, 0.2) is 0 Å². The molecule has 3 rings (SSSR count). The van der Waals surface area contributed by atoms with Crippen molar-refractivity contribution in [3.63, 3.8) is 0 Å². The fourth-order valence-electron chi connectivity index (χ4n) is 8.08. The summed E-state index contributed by atoms with van der Waals surface area (Å²) < 4.78 is 6.51. The number of carbonyl (C=O) groups is 3. The highest BCUT2D eigenvalue weighted by Gasteiger charge is 2.35. The van der Waals surface area contributed by atoms with Crippen LogP contribution in [-0.4, -0.2) is 82.6 Å². The normalized spacial score (nSPS) is 17.0. The third-order valence-corrected chi connectivity index (χ3v) is 12.6. The number of rotatable bonds is 23. The van der Waals surface area contributed by atoms with Crippen molar-refractivity contribution in [3.05, 3.63) is 77.9 Å². The number of amides is 3. The number of benzene rings is 2. The van der Waals surface area contributed by atoms with Gasteiger partial charge in [0.25, 0.3) is 0 Å². The van der Waals surface area contributed by atoms with E-state index in [4.69, 9.17) is 15.6 Å². The van der Waals surface area contributed by atoms with E-state index in [0.717, 1.165) is 29.7 Å². The Labute approximate surface area is 359 Å². The third kappa shape index (κ3) is 13.9. The molecule has 0 aliphatic carbocycles. The summed E-state index contributed by atoms with van der Waals surface area (Å²) in [5, 5.41) is 14.3. The fraction of sp³-hybridized carbons (Fsp3) is 0.604. The number of aliphatic hydroxyl groups excluding tert-OH is 1. The van der Waals surface area contributed by atoms with E-state index in [1.165, 1.54) is 4.90 Å². The molecule has 11 heteroatoms. The van der Waals surface area contributed by atoms with Crippen LogP contribution in [0.2, 0.25) is 0 Å². The highest BCUT2D eigenvalue weighted by molar-refractivity contribution is 7.98. The lowest BCUT2D eigenvalue weighted by Gasteiger charge is -2.35. The number of hydrogen-bond donors (Lipinski definition) is 2. The van der Waals surface area contributed by atoms with Crippen LogP contribution < -0.4 is 10.7 Å². The summed E-state index contributed by atoms with van der Waals surface area (Å²) in [4.78, 5) is 48.4. The average molecular weight is 832 g/mol. The van der Waals surface area contributed by atoms with Gasteiger partial charge in [-0.25, -0.2) is 0 Å². The Morgan fingerprint density at radius 3 is 2.29 bits per heavy atom. The molecule has 2 aromatic carbocycles. The Hall–Kier alpha value is -3.80. The SMILES string of the molecule is C=CC(C(C)CCCSC)C(C)C(CC)C(=O)N(C=O)CCCC(C)(C)OCC(C)(C)CCC(=O)N1Cc2ccccc2C(=NC(C)(C)CO)C(=NN)c2ccccc21. The highest BCUT2D eigenvalue weighted by atomic mass is 32.2. The van der Waals surface area contributed by atoms with Gasteiger partial charge in [0.05, 0.1) is 42.3 Å². The second-order valence-corrected chi connectivity index (χ2v) is 19.3. The number of aliphatic imine (C=N–C) groups is 1. The number of fused-ring (bicyclic) bond motifs is 2. The number of para-hydroxylation sites is 1. The number of nitrogens with two attached hydrogens (primary N) is 1. The van der Waals surface area contributed by atoms with Crippen LogP contribution in [0.1, 0.15) is 124 Å². The van der Waals surface area contributed by atoms with Crippen LogP contribution in [0.25, 0.3) is 0 Å². The maximum Gasteiger partial charge on any atom is 0.232 e. The number of thioether (sulfide) groups is 1. The minimum atomic E-state index is -0.780. The number of hydrazone groups is 1. The second-order valence-electron chi connectivity index (χ2n) is 18.3. The van der Waals surface area contributed by atoms with Crippen molar-refractivity contribution in [1.82, 2.24) is 4.90 Å². The van der Waals surface area contributed by atoms with Crippen molar-refractivity contribution >= 4 is 47.1 Å². The first kappa shape index (κ1) is 49.6. The lowest BCUT2D eigenvalue weighted by atomic mass is 9.74. The Bertz CT molecular complexity index is 1770. The molecule has 4 atom stereocenters. The molecule has 3 amide bonds. The molecular formula is C48H73N5O5S. The Morgan fingerprint density at radius 2 is 1.68 bits per heavy atom. The topological polar surface area (TPSA) is 138 Å². The number of hydrogen-bond acceptors (Lipinski definition) is 9. The van der Waals surface area contributed by atoms with Crippen LogP contribution in [-0.2, 0) is 25.7 Å².